The lowest BCUT2D eigenvalue weighted by Gasteiger charge is -2.28. The molecular weight excluding hydrogens is 1480 g/mol. The minimum Gasteiger partial charge on any atom is -0.744 e. The Hall–Kier alpha value is -9.17. The minimum atomic E-state index is -5.50. The van der Waals surface area contributed by atoms with Crippen LogP contribution in [0.25, 0.3) is 55.7 Å². The molecule has 2 aliphatic rings. The van der Waals surface area contributed by atoms with Crippen LogP contribution < -0.4 is 29.0 Å². The first kappa shape index (κ1) is 89.4. The minimum absolute atomic E-state index is 0.0145. The molecule has 24 heteroatoms. The first-order valence-electron chi connectivity index (χ1n) is 39.3. The predicted molar refractivity (Wildman–Crippen MR) is 441 cm³/mol. The molecular formula is C89H116N4O18S2. The molecule has 0 aromatic heterocycles. The van der Waals surface area contributed by atoms with Gasteiger partial charge in [0, 0.05) is 145 Å². The number of fused-ring (bicyclic) bond motifs is 2. The number of ether oxygens (including phenoxy) is 8. The van der Waals surface area contributed by atoms with Crippen LogP contribution in [0.4, 0.5) is 5.69 Å². The number of rotatable bonds is 39. The van der Waals surface area contributed by atoms with E-state index in [0.29, 0.717) is 119 Å². The van der Waals surface area contributed by atoms with Gasteiger partial charge in [-0.2, -0.15) is 4.31 Å². The Kier molecular flexibility index (Phi) is 31.4. The first-order valence-corrected chi connectivity index (χ1v) is 42.2. The number of carbonyl (C=O) groups is 4. The number of unbranched alkanes of at least 4 members (excludes halogenated alkanes) is 2. The first-order chi connectivity index (χ1) is 53.4. The predicted octanol–water partition coefficient (Wildman–Crippen LogP) is 16.4. The molecule has 22 nitrogen and oxygen atoms in total. The van der Waals surface area contributed by atoms with Gasteiger partial charge in [-0.05, 0) is 220 Å². The number of carbonyl (C=O) groups excluding carboxylic acids is 4. The van der Waals surface area contributed by atoms with E-state index >= 15 is 8.42 Å². The Morgan fingerprint density at radius 2 is 0.965 bits per heavy atom. The lowest BCUT2D eigenvalue weighted by Crippen LogP contribution is -2.33. The van der Waals surface area contributed by atoms with Crippen LogP contribution in [0, 0.1) is 20.8 Å². The van der Waals surface area contributed by atoms with E-state index in [9.17, 15) is 32.1 Å². The van der Waals surface area contributed by atoms with Gasteiger partial charge in [-0.15, -0.1) is 0 Å². The number of aryl methyl sites for hydroxylation is 3. The van der Waals surface area contributed by atoms with Crippen LogP contribution in [0.5, 0.6) is 17.2 Å². The van der Waals surface area contributed by atoms with Crippen LogP contribution in [-0.4, -0.2) is 157 Å². The Morgan fingerprint density at radius 3 is 1.45 bits per heavy atom. The maximum absolute atomic E-state index is 16.1. The van der Waals surface area contributed by atoms with Gasteiger partial charge in [0.25, 0.3) is 5.91 Å². The topological polar surface area (TPSA) is 259 Å². The summed E-state index contributed by atoms with van der Waals surface area (Å²) in [6.07, 6.45) is 4.06. The van der Waals surface area contributed by atoms with Gasteiger partial charge in [-0.1, -0.05) is 63.1 Å². The van der Waals surface area contributed by atoms with Gasteiger partial charge < -0.3 is 56.7 Å². The summed E-state index contributed by atoms with van der Waals surface area (Å²) >= 11 is 0. The Labute approximate surface area is 668 Å². The molecule has 0 spiro atoms. The van der Waals surface area contributed by atoms with Crippen molar-refractivity contribution in [3.63, 3.8) is 0 Å². The van der Waals surface area contributed by atoms with Gasteiger partial charge in [-0.25, -0.2) is 35.8 Å². The normalized spacial score (nSPS) is 12.1. The quantitative estimate of drug-likeness (QED) is 0.00866. The molecule has 8 rings (SSSR count). The molecule has 612 valence electrons. The van der Waals surface area contributed by atoms with Crippen molar-refractivity contribution >= 4 is 60.6 Å². The molecule has 1 aliphatic carbocycles. The van der Waals surface area contributed by atoms with Gasteiger partial charge in [0.2, 0.25) is 15.4 Å². The summed E-state index contributed by atoms with van der Waals surface area (Å²) in [6, 6.07) is 34.5. The Balaban J connectivity index is 1.39. The van der Waals surface area contributed by atoms with Crippen molar-refractivity contribution in [3.05, 3.63) is 160 Å². The number of nitrogens with zero attached hydrogens (tertiary/aromatic N) is 4. The van der Waals surface area contributed by atoms with Crippen molar-refractivity contribution in [2.45, 2.75) is 203 Å². The van der Waals surface area contributed by atoms with Crippen molar-refractivity contribution in [1.82, 2.24) is 13.8 Å². The maximum atomic E-state index is 16.1. The fraction of sp³-hybridized carbons (Fsp3) is 0.472. The summed E-state index contributed by atoms with van der Waals surface area (Å²) in [5.41, 5.74) is 3.46. The average molecular weight is 1590 g/mol. The molecule has 0 radical (unpaired) electrons. The van der Waals surface area contributed by atoms with Crippen molar-refractivity contribution < 1.29 is 82.9 Å². The second kappa shape index (κ2) is 39.7. The molecule has 0 N–H and O–H groups in total. The van der Waals surface area contributed by atoms with E-state index in [2.05, 4.69) is 16.4 Å². The number of sulfonamides is 1. The molecule has 0 fully saturated rings. The van der Waals surface area contributed by atoms with Crippen LogP contribution >= 0.6 is 0 Å². The van der Waals surface area contributed by atoms with Crippen LogP contribution in [0.1, 0.15) is 181 Å². The maximum Gasteiger partial charge on any atom is 0.344 e. The second-order valence-corrected chi connectivity index (χ2v) is 34.6. The zero-order valence-electron chi connectivity index (χ0n) is 69.4. The fourth-order valence-electron chi connectivity index (χ4n) is 13.6. The summed E-state index contributed by atoms with van der Waals surface area (Å²) in [7, 11) is -10.4. The molecule has 6 aromatic carbocycles. The third-order valence-electron chi connectivity index (χ3n) is 18.5. The van der Waals surface area contributed by atoms with E-state index in [1.54, 1.807) is 117 Å². The summed E-state index contributed by atoms with van der Waals surface area (Å²) < 4.78 is 135. The third-order valence-corrected chi connectivity index (χ3v) is 21.2. The standard InChI is InChI=1S/C89H116N4O18S2/c1-19-25-42-103-44-30-40-92(86(97)63-32-28-27-29-33-63)55-64-46-60(7)48-72(83(64)105-57-79(94)109-87(10,11)12)74-50-62(9)51-75(85(74)107-59-81(96)111-89(16,17)18)73-49-61(8)47-65(84(73)106-58-80(95)110-88(13,14)15)56-93(41-31-45-104-43-26-20-2)112(98,99)68-36-39-71(78(54-68)113(100,101)102)82-69-37-34-66(90(21-3)22-4)52-76(69)108-77-53-67(35-38-70(77)82)91(23-5)24-6/h27-29,32-39,46-54H,19-26,30-31,40-45,55-59H2,1-18H3. The molecule has 0 saturated heterocycles. The van der Waals surface area contributed by atoms with Crippen LogP contribution in [-0.2, 0) is 71.3 Å². The monoisotopic (exact) mass is 1590 g/mol. The molecule has 1 aliphatic heterocycles. The highest BCUT2D eigenvalue weighted by Crippen LogP contribution is 2.50. The molecule has 6 aromatic rings. The molecule has 0 atom stereocenters. The number of hydrogen-bond acceptors (Lipinski definition) is 19. The van der Waals surface area contributed by atoms with Gasteiger partial charge in [0.05, 0.1) is 15.9 Å². The highest BCUT2D eigenvalue weighted by Gasteiger charge is 2.34. The van der Waals surface area contributed by atoms with Gasteiger partial charge in [0.1, 0.15) is 68.6 Å². The zero-order valence-corrected chi connectivity index (χ0v) is 71.0. The van der Waals surface area contributed by atoms with E-state index in [0.717, 1.165) is 47.1 Å². The van der Waals surface area contributed by atoms with Crippen molar-refractivity contribution in [2.24, 2.45) is 0 Å². The van der Waals surface area contributed by atoms with E-state index in [1.807, 2.05) is 109 Å². The van der Waals surface area contributed by atoms with Gasteiger partial charge >= 0.3 is 17.9 Å². The summed E-state index contributed by atoms with van der Waals surface area (Å²) in [4.78, 5) is 59.6. The van der Waals surface area contributed by atoms with Crippen molar-refractivity contribution in [1.29, 1.82) is 0 Å². The average Bonchev–Trinajstić information content (AvgIpc) is 0.732. The fourth-order valence-corrected chi connectivity index (χ4v) is 15.8. The molecule has 0 unspecified atom stereocenters. The Bertz CT molecular complexity index is 4910. The van der Waals surface area contributed by atoms with Crippen molar-refractivity contribution in [2.75, 3.05) is 90.4 Å². The largest absolute Gasteiger partial charge is 0.744 e. The number of benzene rings is 7. The number of amides is 1. The summed E-state index contributed by atoms with van der Waals surface area (Å²) in [5, 5.41) is 1.33. The number of esters is 3. The van der Waals surface area contributed by atoms with E-state index in [4.69, 9.17) is 42.3 Å². The zero-order chi connectivity index (χ0) is 82.8. The lowest BCUT2D eigenvalue weighted by molar-refractivity contribution is -0.158. The van der Waals surface area contributed by atoms with E-state index in [1.165, 1.54) is 12.1 Å². The smallest absolute Gasteiger partial charge is 0.344 e. The molecule has 0 saturated carbocycles. The molecule has 113 heavy (non-hydrogen) atoms. The highest BCUT2D eigenvalue weighted by molar-refractivity contribution is 7.89. The molecule has 1 amide bonds. The van der Waals surface area contributed by atoms with E-state index in [-0.39, 0.29) is 78.1 Å². The molecule has 0 bridgehead atoms. The van der Waals surface area contributed by atoms with Crippen LogP contribution in [0.3, 0.4) is 0 Å². The number of hydrogen-bond donors (Lipinski definition) is 0. The number of anilines is 1. The lowest BCUT2D eigenvalue weighted by atomic mass is 9.90. The SMILES string of the molecule is CCCCOCCCN(Cc1cc(C)cc(-c2cc(C)cc(-c3cc(C)cc(CN(CCCOCCCC)S(=O)(=O)c4ccc(-c5c6ccc(=[N+](CC)CC)cc-6oc6cc(N(CC)CC)ccc56)c(S(=O)(=O)[O-])c4)c3OCC(=O)OC(C)(C)C)c2OCC(=O)OC(C)(C)C)c1OCC(=O)OC(C)(C)C)C(=O)c1ccccc1. The van der Waals surface area contributed by atoms with Crippen LogP contribution in [0.2, 0.25) is 0 Å². The van der Waals surface area contributed by atoms with E-state index < -0.39 is 91.0 Å². The summed E-state index contributed by atoms with van der Waals surface area (Å²) in [6.45, 7) is 35.1. The second-order valence-electron chi connectivity index (χ2n) is 31.3. The molecule has 1 heterocycles. The van der Waals surface area contributed by atoms with Crippen LogP contribution in [0.15, 0.2) is 136 Å². The van der Waals surface area contributed by atoms with Gasteiger partial charge in [0.15, 0.2) is 19.8 Å². The third kappa shape index (κ3) is 24.7. The van der Waals surface area contributed by atoms with Gasteiger partial charge in [-0.3, -0.25) is 4.79 Å². The summed E-state index contributed by atoms with van der Waals surface area (Å²) in [5.74, 6) is -1.84. The Morgan fingerprint density at radius 1 is 0.496 bits per heavy atom. The van der Waals surface area contributed by atoms with Crippen molar-refractivity contribution in [3.8, 4) is 62.0 Å². The highest BCUT2D eigenvalue weighted by atomic mass is 32.2.